The molecule has 1 aromatic carbocycles. The summed E-state index contributed by atoms with van der Waals surface area (Å²) in [6.45, 7) is 0.831. The Hall–Kier alpha value is -2.47. The van der Waals surface area contributed by atoms with Gasteiger partial charge in [-0.1, -0.05) is 6.07 Å². The van der Waals surface area contributed by atoms with E-state index >= 15 is 0 Å². The number of benzene rings is 1. The van der Waals surface area contributed by atoms with E-state index in [9.17, 15) is 0 Å². The lowest BCUT2D eigenvalue weighted by Crippen LogP contribution is -2.13. The molecule has 112 valence electrons. The van der Waals surface area contributed by atoms with Gasteiger partial charge in [0.2, 0.25) is 5.95 Å². The zero-order valence-corrected chi connectivity index (χ0v) is 12.1. The van der Waals surface area contributed by atoms with Crippen LogP contribution < -0.4 is 5.73 Å². The van der Waals surface area contributed by atoms with Crippen molar-refractivity contribution in [2.45, 2.75) is 25.4 Å². The topological polar surface area (TPSA) is 78.9 Å². The molecule has 6 nitrogen and oxygen atoms in total. The summed E-state index contributed by atoms with van der Waals surface area (Å²) >= 11 is 0. The molecule has 0 saturated carbocycles. The second-order valence-corrected chi connectivity index (χ2v) is 5.52. The van der Waals surface area contributed by atoms with Crippen LogP contribution in [0.4, 0.5) is 5.69 Å². The van der Waals surface area contributed by atoms with Crippen LogP contribution in [0.25, 0.3) is 16.9 Å². The molecular formula is C16H17N5O. The summed E-state index contributed by atoms with van der Waals surface area (Å²) in [5, 5.41) is 0.932. The molecule has 22 heavy (non-hydrogen) atoms. The summed E-state index contributed by atoms with van der Waals surface area (Å²) in [6, 6.07) is 5.77. The lowest BCUT2D eigenvalue weighted by Gasteiger charge is -2.13. The van der Waals surface area contributed by atoms with Gasteiger partial charge >= 0.3 is 0 Å². The minimum absolute atomic E-state index is 0.216. The summed E-state index contributed by atoms with van der Waals surface area (Å²) in [4.78, 5) is 13.4. The molecule has 1 atom stereocenters. The molecule has 1 saturated heterocycles. The minimum atomic E-state index is 0.216. The van der Waals surface area contributed by atoms with Gasteiger partial charge in [-0.05, 0) is 25.0 Å². The van der Waals surface area contributed by atoms with Gasteiger partial charge in [-0.3, -0.25) is 4.57 Å². The minimum Gasteiger partial charge on any atom is -0.398 e. The van der Waals surface area contributed by atoms with E-state index in [1.54, 1.807) is 12.5 Å². The van der Waals surface area contributed by atoms with Crippen LogP contribution in [-0.2, 0) is 11.2 Å². The van der Waals surface area contributed by atoms with Gasteiger partial charge in [0, 0.05) is 36.5 Å². The Labute approximate surface area is 128 Å². The van der Waals surface area contributed by atoms with E-state index in [0.29, 0.717) is 11.6 Å². The molecule has 4 rings (SSSR count). The van der Waals surface area contributed by atoms with Crippen molar-refractivity contribution >= 4 is 16.6 Å². The van der Waals surface area contributed by atoms with Gasteiger partial charge in [0.1, 0.15) is 6.33 Å². The maximum Gasteiger partial charge on any atom is 0.235 e. The quantitative estimate of drug-likeness (QED) is 0.749. The zero-order chi connectivity index (χ0) is 14.9. The Morgan fingerprint density at radius 2 is 2.27 bits per heavy atom. The van der Waals surface area contributed by atoms with Crippen LogP contribution in [0.3, 0.4) is 0 Å². The standard InChI is InChI=1S/C16H17N5O/c17-12-4-1-5-13-15(12)14(9-11-3-2-8-22-11)20-16(19-13)21-7-6-18-10-21/h1,4-7,10-11H,2-3,8-9,17H2. The van der Waals surface area contributed by atoms with E-state index in [4.69, 9.17) is 15.5 Å². The fourth-order valence-corrected chi connectivity index (χ4v) is 2.94. The number of anilines is 1. The Morgan fingerprint density at radius 3 is 3.05 bits per heavy atom. The fourth-order valence-electron chi connectivity index (χ4n) is 2.94. The van der Waals surface area contributed by atoms with Crippen molar-refractivity contribution in [3.05, 3.63) is 42.6 Å². The van der Waals surface area contributed by atoms with Gasteiger partial charge < -0.3 is 10.5 Å². The van der Waals surface area contributed by atoms with Crippen molar-refractivity contribution in [3.8, 4) is 5.95 Å². The first-order valence-electron chi connectivity index (χ1n) is 7.46. The zero-order valence-electron chi connectivity index (χ0n) is 12.1. The predicted octanol–water partition coefficient (Wildman–Crippen LogP) is 2.12. The molecule has 1 aliphatic rings. The van der Waals surface area contributed by atoms with Crippen molar-refractivity contribution < 1.29 is 4.74 Å². The highest BCUT2D eigenvalue weighted by atomic mass is 16.5. The molecule has 6 heteroatoms. The molecule has 2 aromatic heterocycles. The van der Waals surface area contributed by atoms with Crippen LogP contribution in [0.15, 0.2) is 36.9 Å². The highest BCUT2D eigenvalue weighted by Crippen LogP contribution is 2.26. The first kappa shape index (κ1) is 13.2. The number of aromatic nitrogens is 4. The smallest absolute Gasteiger partial charge is 0.235 e. The lowest BCUT2D eigenvalue weighted by molar-refractivity contribution is 0.111. The van der Waals surface area contributed by atoms with Crippen LogP contribution in [-0.4, -0.2) is 32.2 Å². The Kier molecular flexibility index (Phi) is 3.23. The highest BCUT2D eigenvalue weighted by molar-refractivity contribution is 5.92. The Morgan fingerprint density at radius 1 is 1.32 bits per heavy atom. The van der Waals surface area contributed by atoms with Gasteiger partial charge in [-0.25, -0.2) is 15.0 Å². The van der Waals surface area contributed by atoms with Gasteiger partial charge in [-0.15, -0.1) is 0 Å². The van der Waals surface area contributed by atoms with Crippen LogP contribution in [0, 0.1) is 0 Å². The number of imidazole rings is 1. The summed E-state index contributed by atoms with van der Waals surface area (Å²) in [5.41, 5.74) is 8.67. The highest BCUT2D eigenvalue weighted by Gasteiger charge is 2.20. The number of hydrogen-bond acceptors (Lipinski definition) is 5. The number of rotatable bonds is 3. The van der Waals surface area contributed by atoms with Crippen molar-refractivity contribution in [1.82, 2.24) is 19.5 Å². The van der Waals surface area contributed by atoms with Crippen molar-refractivity contribution in [2.75, 3.05) is 12.3 Å². The molecule has 2 N–H and O–H groups in total. The van der Waals surface area contributed by atoms with E-state index < -0.39 is 0 Å². The summed E-state index contributed by atoms with van der Waals surface area (Å²) in [5.74, 6) is 0.614. The first-order chi connectivity index (χ1) is 10.8. The second kappa shape index (κ2) is 5.38. The molecule has 0 spiro atoms. The number of fused-ring (bicyclic) bond motifs is 1. The lowest BCUT2D eigenvalue weighted by atomic mass is 10.1. The third-order valence-electron chi connectivity index (χ3n) is 4.00. The first-order valence-corrected chi connectivity index (χ1v) is 7.46. The molecule has 0 aliphatic carbocycles. The third-order valence-corrected chi connectivity index (χ3v) is 4.00. The molecule has 3 heterocycles. The van der Waals surface area contributed by atoms with E-state index in [1.165, 1.54) is 0 Å². The Bertz CT molecular complexity index is 794. The normalized spacial score (nSPS) is 18.1. The molecule has 0 amide bonds. The largest absolute Gasteiger partial charge is 0.398 e. The maximum atomic E-state index is 6.16. The van der Waals surface area contributed by atoms with Crippen LogP contribution in [0.1, 0.15) is 18.5 Å². The monoisotopic (exact) mass is 295 g/mol. The molecule has 0 bridgehead atoms. The average molecular weight is 295 g/mol. The van der Waals surface area contributed by atoms with Gasteiger partial charge in [0.25, 0.3) is 0 Å². The number of nitrogens with zero attached hydrogens (tertiary/aromatic N) is 4. The third kappa shape index (κ3) is 2.31. The fraction of sp³-hybridized carbons (Fsp3) is 0.312. The molecule has 1 fully saturated rings. The van der Waals surface area contributed by atoms with Gasteiger partial charge in [-0.2, -0.15) is 0 Å². The Balaban J connectivity index is 1.86. The number of nitrogen functional groups attached to an aromatic ring is 1. The van der Waals surface area contributed by atoms with Crippen molar-refractivity contribution in [1.29, 1.82) is 0 Å². The van der Waals surface area contributed by atoms with Crippen LogP contribution in [0.2, 0.25) is 0 Å². The summed E-state index contributed by atoms with van der Waals surface area (Å²) in [7, 11) is 0. The average Bonchev–Trinajstić information content (AvgIpc) is 3.20. The number of ether oxygens (including phenoxy) is 1. The van der Waals surface area contributed by atoms with Crippen LogP contribution >= 0.6 is 0 Å². The number of hydrogen-bond donors (Lipinski definition) is 1. The second-order valence-electron chi connectivity index (χ2n) is 5.52. The predicted molar refractivity (Wildman–Crippen MR) is 83.8 cm³/mol. The number of nitrogens with two attached hydrogens (primary N) is 1. The van der Waals surface area contributed by atoms with E-state index in [0.717, 1.165) is 42.5 Å². The summed E-state index contributed by atoms with van der Waals surface area (Å²) < 4.78 is 7.56. The van der Waals surface area contributed by atoms with Crippen molar-refractivity contribution in [3.63, 3.8) is 0 Å². The van der Waals surface area contributed by atoms with Crippen molar-refractivity contribution in [2.24, 2.45) is 0 Å². The molecule has 1 unspecified atom stereocenters. The van der Waals surface area contributed by atoms with E-state index in [1.807, 2.05) is 29.0 Å². The molecule has 1 aliphatic heterocycles. The van der Waals surface area contributed by atoms with Crippen LogP contribution in [0.5, 0.6) is 0 Å². The van der Waals surface area contributed by atoms with E-state index in [-0.39, 0.29) is 6.10 Å². The van der Waals surface area contributed by atoms with Gasteiger partial charge in [0.15, 0.2) is 0 Å². The molecule has 3 aromatic rings. The van der Waals surface area contributed by atoms with Gasteiger partial charge in [0.05, 0.1) is 17.3 Å². The molecule has 0 radical (unpaired) electrons. The van der Waals surface area contributed by atoms with E-state index in [2.05, 4.69) is 9.97 Å². The SMILES string of the molecule is Nc1cccc2nc(-n3ccnc3)nc(CC3CCCO3)c12. The maximum absolute atomic E-state index is 6.16. The summed E-state index contributed by atoms with van der Waals surface area (Å²) in [6.07, 6.45) is 8.40. The molecular weight excluding hydrogens is 278 g/mol.